The second-order valence-corrected chi connectivity index (χ2v) is 9.10. The number of allylic oxidation sites excluding steroid dienone is 3. The van der Waals surface area contributed by atoms with Crippen LogP contribution in [0.25, 0.3) is 0 Å². The van der Waals surface area contributed by atoms with Gasteiger partial charge in [-0.3, -0.25) is 14.4 Å². The Bertz CT molecular complexity index is 767. The van der Waals surface area contributed by atoms with Gasteiger partial charge in [0.25, 0.3) is 0 Å². The number of carbonyl (C=O) groups is 3. The Morgan fingerprint density at radius 1 is 1.15 bits per heavy atom. The van der Waals surface area contributed by atoms with Crippen molar-refractivity contribution in [3.63, 3.8) is 0 Å². The number of hydrogen-bond acceptors (Lipinski definition) is 5. The van der Waals surface area contributed by atoms with E-state index in [-0.39, 0.29) is 28.6 Å². The van der Waals surface area contributed by atoms with Crippen LogP contribution in [-0.2, 0) is 19.1 Å². The van der Waals surface area contributed by atoms with Gasteiger partial charge in [0, 0.05) is 22.1 Å². The van der Waals surface area contributed by atoms with E-state index >= 15 is 0 Å². The van der Waals surface area contributed by atoms with Gasteiger partial charge >= 0.3 is 5.97 Å². The largest absolute Gasteiger partial charge is 0.507 e. The van der Waals surface area contributed by atoms with Gasteiger partial charge in [-0.25, -0.2) is 0 Å². The SMILES string of the molecule is COC(=O)C1C2=C(C(=O)C(=O)C(C(C)C)=C2O)C2(C)CCCC(C)(C)C12. The third-order valence-electron chi connectivity index (χ3n) is 6.75. The number of ketones is 2. The number of aliphatic hydroxyl groups is 1. The van der Waals surface area contributed by atoms with Crippen molar-refractivity contribution >= 4 is 17.5 Å². The van der Waals surface area contributed by atoms with E-state index in [0.717, 1.165) is 19.3 Å². The number of ether oxygens (including phenoxy) is 1. The van der Waals surface area contributed by atoms with Crippen LogP contribution in [0.2, 0.25) is 0 Å². The monoisotopic (exact) mass is 360 g/mol. The molecule has 142 valence electrons. The Morgan fingerprint density at radius 2 is 1.77 bits per heavy atom. The maximum Gasteiger partial charge on any atom is 0.313 e. The highest BCUT2D eigenvalue weighted by Gasteiger charge is 2.64. The summed E-state index contributed by atoms with van der Waals surface area (Å²) in [5.74, 6) is -3.03. The van der Waals surface area contributed by atoms with Gasteiger partial charge < -0.3 is 9.84 Å². The highest BCUT2D eigenvalue weighted by Crippen LogP contribution is 2.65. The lowest BCUT2D eigenvalue weighted by molar-refractivity contribution is -0.150. The first-order chi connectivity index (χ1) is 12.0. The van der Waals surface area contributed by atoms with Gasteiger partial charge in [0.1, 0.15) is 5.76 Å². The predicted octanol–water partition coefficient (Wildman–Crippen LogP) is 3.54. The van der Waals surface area contributed by atoms with Crippen LogP contribution < -0.4 is 0 Å². The molecule has 3 rings (SSSR count). The number of Topliss-reactive ketones (excluding diaryl/α,β-unsaturated/α-hetero) is 2. The number of aliphatic hydroxyl groups excluding tert-OH is 1. The van der Waals surface area contributed by atoms with Gasteiger partial charge in [0.05, 0.1) is 13.0 Å². The molecule has 0 spiro atoms. The van der Waals surface area contributed by atoms with Gasteiger partial charge in [-0.05, 0) is 30.1 Å². The van der Waals surface area contributed by atoms with Gasteiger partial charge in [-0.1, -0.05) is 41.0 Å². The van der Waals surface area contributed by atoms with E-state index in [2.05, 4.69) is 13.8 Å². The van der Waals surface area contributed by atoms with Crippen LogP contribution in [0.15, 0.2) is 22.5 Å². The first-order valence-corrected chi connectivity index (χ1v) is 9.34. The maximum absolute atomic E-state index is 13.1. The van der Waals surface area contributed by atoms with Crippen LogP contribution >= 0.6 is 0 Å². The summed E-state index contributed by atoms with van der Waals surface area (Å²) in [6, 6.07) is 0. The summed E-state index contributed by atoms with van der Waals surface area (Å²) in [5.41, 5.74) is -0.0304. The van der Waals surface area contributed by atoms with Crippen molar-refractivity contribution in [1.29, 1.82) is 0 Å². The van der Waals surface area contributed by atoms with E-state index < -0.39 is 28.9 Å². The third kappa shape index (κ3) is 2.25. The summed E-state index contributed by atoms with van der Waals surface area (Å²) in [4.78, 5) is 38.6. The van der Waals surface area contributed by atoms with E-state index in [0.29, 0.717) is 11.1 Å². The minimum Gasteiger partial charge on any atom is -0.507 e. The Hall–Kier alpha value is -1.91. The van der Waals surface area contributed by atoms with E-state index in [4.69, 9.17) is 4.74 Å². The lowest BCUT2D eigenvalue weighted by atomic mass is 9.54. The van der Waals surface area contributed by atoms with Crippen LogP contribution in [0.4, 0.5) is 0 Å². The molecule has 1 fully saturated rings. The molecular weight excluding hydrogens is 332 g/mol. The molecule has 1 N–H and O–H groups in total. The fourth-order valence-corrected chi connectivity index (χ4v) is 5.87. The van der Waals surface area contributed by atoms with Crippen molar-refractivity contribution in [3.8, 4) is 0 Å². The number of fused-ring (bicyclic) bond motifs is 2. The fraction of sp³-hybridized carbons (Fsp3) is 0.667. The summed E-state index contributed by atoms with van der Waals surface area (Å²) < 4.78 is 5.07. The summed E-state index contributed by atoms with van der Waals surface area (Å²) in [6.45, 7) is 9.70. The molecule has 0 radical (unpaired) electrons. The van der Waals surface area contributed by atoms with E-state index in [1.54, 1.807) is 13.8 Å². The number of hydrogen-bond donors (Lipinski definition) is 1. The number of rotatable bonds is 2. The molecule has 0 saturated heterocycles. The second-order valence-electron chi connectivity index (χ2n) is 9.10. The van der Waals surface area contributed by atoms with Gasteiger partial charge in [0.2, 0.25) is 11.6 Å². The molecule has 0 aromatic rings. The lowest BCUT2D eigenvalue weighted by Crippen LogP contribution is -2.46. The molecule has 0 bridgehead atoms. The molecule has 26 heavy (non-hydrogen) atoms. The fourth-order valence-electron chi connectivity index (χ4n) is 5.87. The van der Waals surface area contributed by atoms with E-state index in [9.17, 15) is 19.5 Å². The molecule has 5 nitrogen and oxygen atoms in total. The zero-order chi connectivity index (χ0) is 19.6. The molecular formula is C21H28O5. The molecule has 3 unspecified atom stereocenters. The molecule has 5 heteroatoms. The maximum atomic E-state index is 13.1. The molecule has 0 aromatic heterocycles. The average Bonchev–Trinajstić information content (AvgIpc) is 2.82. The van der Waals surface area contributed by atoms with Gasteiger partial charge in [0.15, 0.2) is 0 Å². The van der Waals surface area contributed by atoms with Crippen molar-refractivity contribution in [2.45, 2.75) is 53.9 Å². The zero-order valence-electron chi connectivity index (χ0n) is 16.4. The molecule has 0 amide bonds. The Kier molecular flexibility index (Phi) is 4.21. The Morgan fingerprint density at radius 3 is 2.31 bits per heavy atom. The summed E-state index contributed by atoms with van der Waals surface area (Å²) in [6.07, 6.45) is 2.55. The minimum absolute atomic E-state index is 0.114. The normalized spacial score (nSPS) is 33.5. The van der Waals surface area contributed by atoms with Crippen molar-refractivity contribution < 1.29 is 24.2 Å². The lowest BCUT2D eigenvalue weighted by Gasteiger charge is -2.49. The molecule has 0 aromatic carbocycles. The molecule has 0 heterocycles. The van der Waals surface area contributed by atoms with Crippen molar-refractivity contribution in [3.05, 3.63) is 22.5 Å². The van der Waals surface area contributed by atoms with E-state index in [1.807, 2.05) is 6.92 Å². The standard InChI is InChI=1S/C21H28O5/c1-10(2)11-15(22)12-13(19(25)26-6)18-20(3,4)8-7-9-21(18,5)14(12)17(24)16(11)23/h10,13,18,22H,7-9H2,1-6H3. The minimum atomic E-state index is -0.721. The third-order valence-corrected chi connectivity index (χ3v) is 6.75. The van der Waals surface area contributed by atoms with Crippen LogP contribution in [-0.4, -0.2) is 29.8 Å². The smallest absolute Gasteiger partial charge is 0.313 e. The average molecular weight is 360 g/mol. The van der Waals surface area contributed by atoms with Gasteiger partial charge in [-0.15, -0.1) is 0 Å². The van der Waals surface area contributed by atoms with Crippen LogP contribution in [0, 0.1) is 28.6 Å². The topological polar surface area (TPSA) is 80.7 Å². The molecule has 3 aliphatic rings. The van der Waals surface area contributed by atoms with E-state index in [1.165, 1.54) is 7.11 Å². The van der Waals surface area contributed by atoms with Crippen molar-refractivity contribution in [2.24, 2.45) is 28.6 Å². The number of esters is 1. The molecule has 3 atom stereocenters. The van der Waals surface area contributed by atoms with Crippen LogP contribution in [0.3, 0.4) is 0 Å². The van der Waals surface area contributed by atoms with Crippen LogP contribution in [0.5, 0.6) is 0 Å². The summed E-state index contributed by atoms with van der Waals surface area (Å²) in [5, 5.41) is 11.0. The number of methoxy groups -OCH3 is 1. The molecule has 0 aliphatic heterocycles. The Balaban J connectivity index is 2.34. The molecule has 1 saturated carbocycles. The molecule has 3 aliphatic carbocycles. The number of carbonyl (C=O) groups excluding carboxylic acids is 3. The van der Waals surface area contributed by atoms with Gasteiger partial charge in [-0.2, -0.15) is 0 Å². The first-order valence-electron chi connectivity index (χ1n) is 9.34. The highest BCUT2D eigenvalue weighted by atomic mass is 16.5. The summed E-state index contributed by atoms with van der Waals surface area (Å²) >= 11 is 0. The van der Waals surface area contributed by atoms with Crippen LogP contribution in [0.1, 0.15) is 53.9 Å². The zero-order valence-corrected chi connectivity index (χ0v) is 16.4. The first kappa shape index (κ1) is 18.9. The van der Waals surface area contributed by atoms with Crippen molar-refractivity contribution in [1.82, 2.24) is 0 Å². The predicted molar refractivity (Wildman–Crippen MR) is 96.3 cm³/mol. The second kappa shape index (κ2) is 5.80. The Labute approximate surface area is 154 Å². The highest BCUT2D eigenvalue weighted by molar-refractivity contribution is 6.51. The quantitative estimate of drug-likeness (QED) is 0.463. The van der Waals surface area contributed by atoms with Crippen molar-refractivity contribution in [2.75, 3.05) is 7.11 Å². The summed E-state index contributed by atoms with van der Waals surface area (Å²) in [7, 11) is 1.33.